The summed E-state index contributed by atoms with van der Waals surface area (Å²) in [6, 6.07) is 19.6. The van der Waals surface area contributed by atoms with Gasteiger partial charge in [0.05, 0.1) is 18.7 Å². The molecule has 1 N–H and O–H groups in total. The molecular formula is C24H20ClN3O3S. The molecule has 162 valence electrons. The van der Waals surface area contributed by atoms with E-state index in [1.807, 2.05) is 35.7 Å². The Morgan fingerprint density at radius 3 is 2.59 bits per heavy atom. The Hall–Kier alpha value is -3.42. The summed E-state index contributed by atoms with van der Waals surface area (Å²) in [5.41, 5.74) is 2.31. The van der Waals surface area contributed by atoms with Gasteiger partial charge in [0.2, 0.25) is 5.91 Å². The maximum Gasteiger partial charge on any atom is 0.250 e. The van der Waals surface area contributed by atoms with Crippen molar-refractivity contribution in [3.8, 4) is 5.75 Å². The Morgan fingerprint density at radius 1 is 1.06 bits per heavy atom. The monoisotopic (exact) mass is 465 g/mol. The van der Waals surface area contributed by atoms with Crippen LogP contribution in [0.1, 0.15) is 16.3 Å². The maximum atomic E-state index is 12.4. The fraction of sp³-hybridized carbons (Fsp3) is 0.125. The number of hydrogen-bond donors (Lipinski definition) is 1. The number of rotatable bonds is 8. The Kier molecular flexibility index (Phi) is 6.99. The first-order valence-electron chi connectivity index (χ1n) is 9.91. The minimum atomic E-state index is -0.146. The maximum absolute atomic E-state index is 12.4. The second kappa shape index (κ2) is 10.3. The highest BCUT2D eigenvalue weighted by molar-refractivity contribution is 7.09. The molecule has 0 aliphatic rings. The normalized spacial score (nSPS) is 10.7. The van der Waals surface area contributed by atoms with Gasteiger partial charge in [-0.15, -0.1) is 11.3 Å². The molecule has 0 saturated heterocycles. The Labute approximate surface area is 194 Å². The van der Waals surface area contributed by atoms with E-state index in [4.69, 9.17) is 16.3 Å². The molecule has 0 unspecified atom stereocenters. The number of thiazole rings is 1. The molecule has 0 aliphatic heterocycles. The van der Waals surface area contributed by atoms with Gasteiger partial charge in [-0.2, -0.15) is 0 Å². The second-order valence-electron chi connectivity index (χ2n) is 7.06. The minimum Gasteiger partial charge on any atom is -0.486 e. The van der Waals surface area contributed by atoms with E-state index in [9.17, 15) is 9.59 Å². The summed E-state index contributed by atoms with van der Waals surface area (Å²) in [5.74, 6) is 0.567. The number of carbonyl (C=O) groups is 1. The van der Waals surface area contributed by atoms with Crippen LogP contribution in [0.5, 0.6) is 5.75 Å². The molecule has 0 aliphatic carbocycles. The lowest BCUT2D eigenvalue weighted by Crippen LogP contribution is -2.18. The van der Waals surface area contributed by atoms with Gasteiger partial charge in [0.1, 0.15) is 17.4 Å². The number of nitrogens with one attached hydrogen (secondary N) is 1. The third-order valence-electron chi connectivity index (χ3n) is 4.61. The summed E-state index contributed by atoms with van der Waals surface area (Å²) in [6.45, 7) is 0.813. The highest BCUT2D eigenvalue weighted by Gasteiger charge is 2.09. The van der Waals surface area contributed by atoms with Crippen LogP contribution in [-0.4, -0.2) is 15.5 Å². The van der Waals surface area contributed by atoms with Crippen molar-refractivity contribution < 1.29 is 9.53 Å². The smallest absolute Gasteiger partial charge is 0.250 e. The minimum absolute atomic E-state index is 0.0499. The number of pyridine rings is 1. The zero-order valence-corrected chi connectivity index (χ0v) is 18.6. The summed E-state index contributed by atoms with van der Waals surface area (Å²) in [4.78, 5) is 28.7. The fourth-order valence-electron chi connectivity index (χ4n) is 3.02. The highest BCUT2D eigenvalue weighted by Crippen LogP contribution is 2.19. The quantitative estimate of drug-likeness (QED) is 0.407. The Balaban J connectivity index is 1.28. The summed E-state index contributed by atoms with van der Waals surface area (Å²) < 4.78 is 7.32. The lowest BCUT2D eigenvalue weighted by Gasteiger charge is -2.08. The summed E-state index contributed by atoms with van der Waals surface area (Å²) in [5, 5.41) is 6.19. The van der Waals surface area contributed by atoms with E-state index in [2.05, 4.69) is 10.3 Å². The Morgan fingerprint density at radius 2 is 1.84 bits per heavy atom. The first kappa shape index (κ1) is 21.8. The number of aromatic nitrogens is 2. The van der Waals surface area contributed by atoms with Crippen molar-refractivity contribution >= 4 is 34.5 Å². The van der Waals surface area contributed by atoms with E-state index < -0.39 is 0 Å². The molecule has 0 atom stereocenters. The van der Waals surface area contributed by atoms with E-state index in [1.165, 1.54) is 17.4 Å². The van der Waals surface area contributed by atoms with Crippen LogP contribution < -0.4 is 15.6 Å². The second-order valence-corrected chi connectivity index (χ2v) is 8.44. The summed E-state index contributed by atoms with van der Waals surface area (Å²) in [7, 11) is 0. The largest absolute Gasteiger partial charge is 0.486 e. The van der Waals surface area contributed by atoms with Crippen molar-refractivity contribution in [2.24, 2.45) is 0 Å². The molecule has 2 aromatic heterocycles. The Bertz CT molecular complexity index is 1250. The average molecular weight is 466 g/mol. The standard InChI is InChI=1S/C24H20ClN3O3S/c25-18-6-10-21(11-7-18)31-15-23-27-20(16-32-23)13-22(29)26-19-8-4-17(5-9-19)14-28-12-2-1-3-24(28)30/h1-12,16H,13-15H2,(H,26,29). The number of ether oxygens (including phenoxy) is 1. The topological polar surface area (TPSA) is 73.2 Å². The van der Waals surface area contributed by atoms with Crippen LogP contribution in [0.15, 0.2) is 83.1 Å². The van der Waals surface area contributed by atoms with Crippen molar-refractivity contribution in [2.45, 2.75) is 19.6 Å². The molecule has 0 radical (unpaired) electrons. The molecule has 4 aromatic rings. The first-order chi connectivity index (χ1) is 15.5. The first-order valence-corrected chi connectivity index (χ1v) is 11.2. The highest BCUT2D eigenvalue weighted by atomic mass is 35.5. The predicted octanol–water partition coefficient (Wildman–Crippen LogP) is 4.77. The van der Waals surface area contributed by atoms with Crippen LogP contribution in [0.3, 0.4) is 0 Å². The predicted molar refractivity (Wildman–Crippen MR) is 126 cm³/mol. The average Bonchev–Trinajstić information content (AvgIpc) is 3.23. The van der Waals surface area contributed by atoms with Gasteiger partial charge in [-0.3, -0.25) is 9.59 Å². The molecule has 0 spiro atoms. The molecular weight excluding hydrogens is 446 g/mol. The third-order valence-corrected chi connectivity index (χ3v) is 5.73. The summed E-state index contributed by atoms with van der Waals surface area (Å²) in [6.07, 6.45) is 1.93. The van der Waals surface area contributed by atoms with Crippen LogP contribution >= 0.6 is 22.9 Å². The van der Waals surface area contributed by atoms with Crippen LogP contribution in [0.25, 0.3) is 0 Å². The third kappa shape index (κ3) is 6.06. The SMILES string of the molecule is O=C(Cc1csc(COc2ccc(Cl)cc2)n1)Nc1ccc(Cn2ccccc2=O)cc1. The van der Waals surface area contributed by atoms with Gasteiger partial charge < -0.3 is 14.6 Å². The molecule has 0 bridgehead atoms. The van der Waals surface area contributed by atoms with Gasteiger partial charge in [-0.25, -0.2) is 4.98 Å². The van der Waals surface area contributed by atoms with Gasteiger partial charge in [0, 0.05) is 28.4 Å². The lowest BCUT2D eigenvalue weighted by molar-refractivity contribution is -0.115. The molecule has 8 heteroatoms. The van der Waals surface area contributed by atoms with Gasteiger partial charge in [-0.05, 0) is 48.0 Å². The van der Waals surface area contributed by atoms with E-state index in [0.717, 1.165) is 10.6 Å². The van der Waals surface area contributed by atoms with Crippen molar-refractivity contribution in [1.29, 1.82) is 0 Å². The molecule has 0 fully saturated rings. The van der Waals surface area contributed by atoms with Crippen LogP contribution in [-0.2, 0) is 24.4 Å². The van der Waals surface area contributed by atoms with Gasteiger partial charge in [0.25, 0.3) is 5.56 Å². The summed E-state index contributed by atoms with van der Waals surface area (Å²) >= 11 is 7.32. The zero-order valence-electron chi connectivity index (χ0n) is 17.0. The van der Waals surface area contributed by atoms with Gasteiger partial charge in [-0.1, -0.05) is 29.8 Å². The molecule has 2 aromatic carbocycles. The van der Waals surface area contributed by atoms with Crippen molar-refractivity contribution in [1.82, 2.24) is 9.55 Å². The van der Waals surface area contributed by atoms with Gasteiger partial charge >= 0.3 is 0 Å². The number of anilines is 1. The van der Waals surface area contributed by atoms with Crippen LogP contribution in [0.2, 0.25) is 5.02 Å². The van der Waals surface area contributed by atoms with Crippen LogP contribution in [0, 0.1) is 0 Å². The number of amides is 1. The molecule has 2 heterocycles. The molecule has 32 heavy (non-hydrogen) atoms. The van der Waals surface area contributed by atoms with Crippen molar-refractivity contribution in [3.63, 3.8) is 0 Å². The molecule has 6 nitrogen and oxygen atoms in total. The number of nitrogens with zero attached hydrogens (tertiary/aromatic N) is 2. The number of carbonyl (C=O) groups excluding carboxylic acids is 1. The number of halogens is 1. The fourth-order valence-corrected chi connectivity index (χ4v) is 3.85. The van der Waals surface area contributed by atoms with Crippen molar-refractivity contribution in [2.75, 3.05) is 5.32 Å². The molecule has 0 saturated carbocycles. The van der Waals surface area contributed by atoms with E-state index in [-0.39, 0.29) is 17.9 Å². The van der Waals surface area contributed by atoms with E-state index >= 15 is 0 Å². The van der Waals surface area contributed by atoms with E-state index in [0.29, 0.717) is 35.3 Å². The molecule has 4 rings (SSSR count). The number of hydrogen-bond acceptors (Lipinski definition) is 5. The lowest BCUT2D eigenvalue weighted by atomic mass is 10.2. The zero-order chi connectivity index (χ0) is 22.3. The van der Waals surface area contributed by atoms with Gasteiger partial charge in [0.15, 0.2) is 0 Å². The van der Waals surface area contributed by atoms with Crippen molar-refractivity contribution in [3.05, 3.63) is 110 Å². The number of benzene rings is 2. The molecule has 1 amide bonds. The van der Waals surface area contributed by atoms with Crippen LogP contribution in [0.4, 0.5) is 5.69 Å². The van der Waals surface area contributed by atoms with E-state index in [1.54, 1.807) is 41.1 Å².